The number of aliphatic hydroxyl groups excluding tert-OH is 1. The summed E-state index contributed by atoms with van der Waals surface area (Å²) in [6.07, 6.45) is 0. The van der Waals surface area contributed by atoms with Crippen LogP contribution in [0.1, 0.15) is 11.1 Å². The number of hydrogen-bond acceptors (Lipinski definition) is 3. The highest BCUT2D eigenvalue weighted by atomic mass is 35.5. The molecular weight excluding hydrogens is 273 g/mol. The second-order valence-electron chi connectivity index (χ2n) is 3.66. The van der Waals surface area contributed by atoms with Crippen LogP contribution in [0.15, 0.2) is 36.4 Å². The second kappa shape index (κ2) is 6.05. The fraction of sp³-hybridized carbons (Fsp3) is 0.154. The van der Waals surface area contributed by atoms with Crippen molar-refractivity contribution in [1.82, 2.24) is 4.98 Å². The molecule has 0 amide bonds. The molecule has 1 aromatic carbocycles. The fourth-order valence-electron chi connectivity index (χ4n) is 1.50. The van der Waals surface area contributed by atoms with E-state index in [1.807, 2.05) is 6.07 Å². The maximum absolute atomic E-state index is 9.23. The van der Waals surface area contributed by atoms with Gasteiger partial charge in [-0.1, -0.05) is 35.3 Å². The summed E-state index contributed by atoms with van der Waals surface area (Å²) < 4.78 is 5.51. The van der Waals surface area contributed by atoms with Gasteiger partial charge in [-0.25, -0.2) is 4.98 Å². The normalized spacial score (nSPS) is 10.4. The molecule has 0 aliphatic carbocycles. The van der Waals surface area contributed by atoms with Gasteiger partial charge in [0.05, 0.1) is 6.61 Å². The van der Waals surface area contributed by atoms with E-state index in [0.717, 1.165) is 11.1 Å². The molecule has 0 spiro atoms. The predicted octanol–water partition coefficient (Wildman–Crippen LogP) is 3.46. The maximum atomic E-state index is 9.23. The van der Waals surface area contributed by atoms with Gasteiger partial charge in [0.15, 0.2) is 0 Å². The molecule has 1 aromatic heterocycles. The van der Waals surface area contributed by atoms with Crippen LogP contribution in [0.4, 0.5) is 0 Å². The van der Waals surface area contributed by atoms with E-state index >= 15 is 0 Å². The number of aliphatic hydroxyl groups is 1. The van der Waals surface area contributed by atoms with Crippen molar-refractivity contribution in [2.45, 2.75) is 13.2 Å². The first-order valence-electron chi connectivity index (χ1n) is 5.32. The van der Waals surface area contributed by atoms with Gasteiger partial charge in [0.25, 0.3) is 0 Å². The number of nitrogens with zero attached hydrogens (tertiary/aromatic N) is 1. The summed E-state index contributed by atoms with van der Waals surface area (Å²) in [6.45, 7) is 0.225. The molecule has 0 atom stereocenters. The molecule has 0 radical (unpaired) electrons. The number of halogens is 2. The van der Waals surface area contributed by atoms with Crippen LogP contribution in [0.2, 0.25) is 10.2 Å². The molecule has 5 heteroatoms. The van der Waals surface area contributed by atoms with Crippen LogP contribution in [0.3, 0.4) is 0 Å². The standard InChI is InChI=1S/C13H11Cl2NO2/c14-11-5-4-9(10(6-11)7-17)8-18-13-3-1-2-12(15)16-13/h1-6,17H,7-8H2. The van der Waals surface area contributed by atoms with E-state index in [9.17, 15) is 5.11 Å². The van der Waals surface area contributed by atoms with E-state index in [2.05, 4.69) is 4.98 Å². The minimum Gasteiger partial charge on any atom is -0.473 e. The lowest BCUT2D eigenvalue weighted by molar-refractivity contribution is 0.266. The molecule has 0 fully saturated rings. The van der Waals surface area contributed by atoms with E-state index in [1.54, 1.807) is 30.3 Å². The summed E-state index contributed by atoms with van der Waals surface area (Å²) in [4.78, 5) is 4.02. The predicted molar refractivity (Wildman–Crippen MR) is 71.0 cm³/mol. The van der Waals surface area contributed by atoms with Crippen LogP contribution < -0.4 is 4.74 Å². The Morgan fingerprint density at radius 2 is 1.94 bits per heavy atom. The van der Waals surface area contributed by atoms with Crippen molar-refractivity contribution in [2.24, 2.45) is 0 Å². The largest absolute Gasteiger partial charge is 0.473 e. The van der Waals surface area contributed by atoms with Crippen molar-refractivity contribution in [2.75, 3.05) is 0 Å². The Balaban J connectivity index is 2.10. The van der Waals surface area contributed by atoms with Gasteiger partial charge in [-0.15, -0.1) is 0 Å². The second-order valence-corrected chi connectivity index (χ2v) is 4.48. The molecule has 18 heavy (non-hydrogen) atoms. The first-order chi connectivity index (χ1) is 8.69. The van der Waals surface area contributed by atoms with Gasteiger partial charge in [0.2, 0.25) is 5.88 Å². The van der Waals surface area contributed by atoms with Gasteiger partial charge in [0.1, 0.15) is 11.8 Å². The minimum atomic E-state index is -0.0811. The Hall–Kier alpha value is -1.29. The molecule has 2 aromatic rings. The van der Waals surface area contributed by atoms with Crippen LogP contribution in [-0.4, -0.2) is 10.1 Å². The Morgan fingerprint density at radius 3 is 2.67 bits per heavy atom. The van der Waals surface area contributed by atoms with Crippen LogP contribution in [-0.2, 0) is 13.2 Å². The average molecular weight is 284 g/mol. The highest BCUT2D eigenvalue weighted by Gasteiger charge is 2.04. The molecule has 1 heterocycles. The minimum absolute atomic E-state index is 0.0811. The number of ether oxygens (including phenoxy) is 1. The topological polar surface area (TPSA) is 42.4 Å². The number of benzene rings is 1. The van der Waals surface area contributed by atoms with E-state index in [0.29, 0.717) is 22.7 Å². The van der Waals surface area contributed by atoms with Crippen molar-refractivity contribution in [1.29, 1.82) is 0 Å². The summed E-state index contributed by atoms with van der Waals surface area (Å²) in [6, 6.07) is 10.4. The lowest BCUT2D eigenvalue weighted by Gasteiger charge is -2.09. The highest BCUT2D eigenvalue weighted by Crippen LogP contribution is 2.19. The molecule has 0 bridgehead atoms. The summed E-state index contributed by atoms with van der Waals surface area (Å²) in [7, 11) is 0. The van der Waals surface area contributed by atoms with Crippen molar-refractivity contribution in [3.63, 3.8) is 0 Å². The van der Waals surface area contributed by atoms with Gasteiger partial charge in [-0.3, -0.25) is 0 Å². The Labute approximate surface area is 115 Å². The van der Waals surface area contributed by atoms with Crippen molar-refractivity contribution >= 4 is 23.2 Å². The summed E-state index contributed by atoms with van der Waals surface area (Å²) in [5.41, 5.74) is 1.60. The molecule has 0 saturated heterocycles. The van der Waals surface area contributed by atoms with Crippen LogP contribution in [0.25, 0.3) is 0 Å². The average Bonchev–Trinajstić information content (AvgIpc) is 2.37. The van der Waals surface area contributed by atoms with Crippen LogP contribution in [0, 0.1) is 0 Å². The molecule has 1 N–H and O–H groups in total. The molecule has 0 aliphatic heterocycles. The van der Waals surface area contributed by atoms with E-state index < -0.39 is 0 Å². The zero-order chi connectivity index (χ0) is 13.0. The fourth-order valence-corrected chi connectivity index (χ4v) is 1.85. The molecule has 0 aliphatic rings. The van der Waals surface area contributed by atoms with Gasteiger partial charge in [-0.05, 0) is 29.3 Å². The summed E-state index contributed by atoms with van der Waals surface area (Å²) in [5, 5.41) is 10.2. The number of pyridine rings is 1. The van der Waals surface area contributed by atoms with Crippen molar-refractivity contribution in [3.8, 4) is 5.88 Å². The molecule has 3 nitrogen and oxygen atoms in total. The smallest absolute Gasteiger partial charge is 0.214 e. The number of rotatable bonds is 4. The Morgan fingerprint density at radius 1 is 1.11 bits per heavy atom. The summed E-state index contributed by atoms with van der Waals surface area (Å²) in [5.74, 6) is 0.446. The third kappa shape index (κ3) is 3.35. The first kappa shape index (κ1) is 13.1. The lowest BCUT2D eigenvalue weighted by Crippen LogP contribution is -2.01. The zero-order valence-corrected chi connectivity index (χ0v) is 10.9. The van der Waals surface area contributed by atoms with Gasteiger partial charge in [0, 0.05) is 11.1 Å². The SMILES string of the molecule is OCc1cc(Cl)ccc1COc1cccc(Cl)n1. The molecule has 0 unspecified atom stereocenters. The molecular formula is C13H11Cl2NO2. The van der Waals surface area contributed by atoms with E-state index in [1.165, 1.54) is 0 Å². The maximum Gasteiger partial charge on any atom is 0.214 e. The third-order valence-corrected chi connectivity index (χ3v) is 2.85. The van der Waals surface area contributed by atoms with E-state index in [4.69, 9.17) is 27.9 Å². The van der Waals surface area contributed by atoms with Crippen molar-refractivity contribution < 1.29 is 9.84 Å². The monoisotopic (exact) mass is 283 g/mol. The first-order valence-corrected chi connectivity index (χ1v) is 6.08. The number of hydrogen-bond donors (Lipinski definition) is 1. The zero-order valence-electron chi connectivity index (χ0n) is 9.44. The van der Waals surface area contributed by atoms with Gasteiger partial charge in [-0.2, -0.15) is 0 Å². The molecule has 0 saturated carbocycles. The molecule has 2 rings (SSSR count). The number of aromatic nitrogens is 1. The summed E-state index contributed by atoms with van der Waals surface area (Å²) >= 11 is 11.6. The molecule has 94 valence electrons. The van der Waals surface area contributed by atoms with Gasteiger partial charge >= 0.3 is 0 Å². The van der Waals surface area contributed by atoms with Crippen molar-refractivity contribution in [3.05, 3.63) is 57.7 Å². The van der Waals surface area contributed by atoms with E-state index in [-0.39, 0.29) is 6.61 Å². The highest BCUT2D eigenvalue weighted by molar-refractivity contribution is 6.30. The van der Waals surface area contributed by atoms with Crippen LogP contribution >= 0.6 is 23.2 Å². The van der Waals surface area contributed by atoms with Crippen LogP contribution in [0.5, 0.6) is 5.88 Å². The Bertz CT molecular complexity index is 546. The lowest BCUT2D eigenvalue weighted by atomic mass is 10.1. The van der Waals surface area contributed by atoms with Gasteiger partial charge < -0.3 is 9.84 Å². The quantitative estimate of drug-likeness (QED) is 0.874. The third-order valence-electron chi connectivity index (χ3n) is 2.40. The Kier molecular flexibility index (Phi) is 4.42.